The van der Waals surface area contributed by atoms with Crippen molar-refractivity contribution in [1.82, 2.24) is 20.3 Å². The van der Waals surface area contributed by atoms with Crippen LogP contribution in [0.1, 0.15) is 36.1 Å². The zero-order chi connectivity index (χ0) is 17.3. The number of fused-ring (bicyclic) bond motifs is 1. The van der Waals surface area contributed by atoms with E-state index in [0.29, 0.717) is 25.1 Å². The van der Waals surface area contributed by atoms with Gasteiger partial charge in [0.05, 0.1) is 12.7 Å². The highest BCUT2D eigenvalue weighted by Crippen LogP contribution is 2.30. The smallest absolute Gasteiger partial charge is 0.260 e. The van der Waals surface area contributed by atoms with E-state index in [1.165, 1.54) is 23.7 Å². The number of H-pyrrole nitrogens is 1. The van der Waals surface area contributed by atoms with Crippen molar-refractivity contribution in [3.63, 3.8) is 0 Å². The van der Waals surface area contributed by atoms with Crippen molar-refractivity contribution in [2.45, 2.75) is 37.7 Å². The van der Waals surface area contributed by atoms with E-state index in [2.05, 4.69) is 21.5 Å². The first-order valence-corrected chi connectivity index (χ1v) is 8.75. The highest BCUT2D eigenvalue weighted by molar-refractivity contribution is 5.78. The first kappa shape index (κ1) is 16.1. The molecule has 2 aliphatic rings. The van der Waals surface area contributed by atoms with Crippen LogP contribution in [0.5, 0.6) is 5.75 Å². The molecule has 1 fully saturated rings. The molecule has 1 aromatic heterocycles. The Bertz CT molecular complexity index is 762. The standard InChI is InChI=1S/C18H22N4O3/c23-17(11-25-15-6-5-13-3-1-4-14(13)9-15)22-8-2-7-18(24,12-22)16-10-19-21-20-16/h5-6,9-10,24H,1-4,7-8,11-12H2,(H,19,20,21). The third kappa shape index (κ3) is 3.24. The maximum Gasteiger partial charge on any atom is 0.260 e. The molecule has 1 aromatic carbocycles. The molecule has 1 unspecified atom stereocenters. The molecular formula is C18H22N4O3. The molecule has 0 spiro atoms. The maximum absolute atomic E-state index is 12.5. The summed E-state index contributed by atoms with van der Waals surface area (Å²) in [5.74, 6) is 0.611. The number of ether oxygens (including phenoxy) is 1. The van der Waals surface area contributed by atoms with Gasteiger partial charge in [0.25, 0.3) is 5.91 Å². The number of hydrogen-bond donors (Lipinski definition) is 2. The number of aromatic amines is 1. The van der Waals surface area contributed by atoms with Crippen LogP contribution in [0.3, 0.4) is 0 Å². The Morgan fingerprint density at radius 1 is 1.32 bits per heavy atom. The summed E-state index contributed by atoms with van der Waals surface area (Å²) in [4.78, 5) is 14.2. The highest BCUT2D eigenvalue weighted by atomic mass is 16.5. The molecule has 1 aliphatic heterocycles. The van der Waals surface area contributed by atoms with Crippen LogP contribution in [0.15, 0.2) is 24.4 Å². The topological polar surface area (TPSA) is 91.3 Å². The molecule has 132 valence electrons. The summed E-state index contributed by atoms with van der Waals surface area (Å²) in [6.07, 6.45) is 6.18. The highest BCUT2D eigenvalue weighted by Gasteiger charge is 2.38. The Morgan fingerprint density at radius 2 is 2.20 bits per heavy atom. The van der Waals surface area contributed by atoms with E-state index in [-0.39, 0.29) is 19.1 Å². The molecule has 0 saturated carbocycles. The molecule has 7 heteroatoms. The van der Waals surface area contributed by atoms with Crippen molar-refractivity contribution >= 4 is 5.91 Å². The van der Waals surface area contributed by atoms with Gasteiger partial charge in [0, 0.05) is 6.54 Å². The second kappa shape index (κ2) is 6.48. The van der Waals surface area contributed by atoms with Crippen molar-refractivity contribution in [1.29, 1.82) is 0 Å². The quantitative estimate of drug-likeness (QED) is 0.871. The molecular weight excluding hydrogens is 320 g/mol. The zero-order valence-corrected chi connectivity index (χ0v) is 14.1. The first-order valence-electron chi connectivity index (χ1n) is 8.75. The zero-order valence-electron chi connectivity index (χ0n) is 14.1. The molecule has 1 saturated heterocycles. The predicted octanol–water partition coefficient (Wildman–Crippen LogP) is 1.18. The number of aryl methyl sites for hydroxylation is 2. The van der Waals surface area contributed by atoms with Crippen LogP contribution < -0.4 is 4.74 Å². The summed E-state index contributed by atoms with van der Waals surface area (Å²) in [7, 11) is 0. The van der Waals surface area contributed by atoms with E-state index in [0.717, 1.165) is 18.6 Å². The molecule has 2 heterocycles. The Labute approximate surface area is 146 Å². The largest absolute Gasteiger partial charge is 0.484 e. The molecule has 0 radical (unpaired) electrons. The minimum atomic E-state index is -1.14. The van der Waals surface area contributed by atoms with Gasteiger partial charge in [-0.3, -0.25) is 4.79 Å². The lowest BCUT2D eigenvalue weighted by atomic mass is 9.90. The second-order valence-corrected chi connectivity index (χ2v) is 6.88. The van der Waals surface area contributed by atoms with Gasteiger partial charge in [-0.15, -0.1) is 0 Å². The van der Waals surface area contributed by atoms with Crippen LogP contribution in [0.25, 0.3) is 0 Å². The van der Waals surface area contributed by atoms with E-state index < -0.39 is 5.60 Å². The number of amides is 1. The summed E-state index contributed by atoms with van der Waals surface area (Å²) in [5.41, 5.74) is 2.04. The average molecular weight is 342 g/mol. The molecule has 1 amide bonds. The lowest BCUT2D eigenvalue weighted by molar-refractivity contribution is -0.141. The van der Waals surface area contributed by atoms with E-state index in [1.54, 1.807) is 4.90 Å². The van der Waals surface area contributed by atoms with Gasteiger partial charge in [0.1, 0.15) is 17.0 Å². The average Bonchev–Trinajstić information content (AvgIpc) is 3.31. The van der Waals surface area contributed by atoms with E-state index in [9.17, 15) is 9.90 Å². The van der Waals surface area contributed by atoms with Gasteiger partial charge in [-0.1, -0.05) is 6.07 Å². The second-order valence-electron chi connectivity index (χ2n) is 6.88. The van der Waals surface area contributed by atoms with Gasteiger partial charge in [-0.2, -0.15) is 15.4 Å². The van der Waals surface area contributed by atoms with Crippen LogP contribution >= 0.6 is 0 Å². The van der Waals surface area contributed by atoms with Gasteiger partial charge in [-0.05, 0) is 55.4 Å². The molecule has 1 atom stereocenters. The molecule has 1 aliphatic carbocycles. The minimum absolute atomic E-state index is 0.0202. The lowest BCUT2D eigenvalue weighted by Gasteiger charge is -2.37. The van der Waals surface area contributed by atoms with Gasteiger partial charge in [-0.25, -0.2) is 0 Å². The summed E-state index contributed by atoms with van der Waals surface area (Å²) < 4.78 is 5.70. The number of likely N-dealkylation sites (tertiary alicyclic amines) is 1. The number of piperidine rings is 1. The van der Waals surface area contributed by atoms with Gasteiger partial charge in [0.2, 0.25) is 0 Å². The lowest BCUT2D eigenvalue weighted by Crippen LogP contribution is -2.50. The van der Waals surface area contributed by atoms with Crippen LogP contribution in [0.2, 0.25) is 0 Å². The fourth-order valence-electron chi connectivity index (χ4n) is 3.76. The Kier molecular flexibility index (Phi) is 4.17. The molecule has 4 rings (SSSR count). The number of carbonyl (C=O) groups is 1. The third-order valence-electron chi connectivity index (χ3n) is 5.15. The van der Waals surface area contributed by atoms with E-state index >= 15 is 0 Å². The number of β-amino-alcohol motifs (C(OH)–C–C–N with tert-alkyl or cyclic N) is 1. The predicted molar refractivity (Wildman–Crippen MR) is 90.1 cm³/mol. The molecule has 0 bridgehead atoms. The number of benzene rings is 1. The monoisotopic (exact) mass is 342 g/mol. The van der Waals surface area contributed by atoms with Gasteiger partial charge in [0.15, 0.2) is 6.61 Å². The van der Waals surface area contributed by atoms with E-state index in [4.69, 9.17) is 4.74 Å². The fraction of sp³-hybridized carbons (Fsp3) is 0.500. The molecule has 7 nitrogen and oxygen atoms in total. The summed E-state index contributed by atoms with van der Waals surface area (Å²) in [5, 5.41) is 21.0. The van der Waals surface area contributed by atoms with Crippen LogP contribution in [-0.2, 0) is 23.2 Å². The normalized spacial score (nSPS) is 22.7. The summed E-state index contributed by atoms with van der Waals surface area (Å²) in [6.45, 7) is 0.812. The Morgan fingerprint density at radius 3 is 3.04 bits per heavy atom. The SMILES string of the molecule is O=C(COc1ccc2c(c1)CCC2)N1CCCC(O)(c2cn[nH]n2)C1. The number of carbonyl (C=O) groups excluding carboxylic acids is 1. The number of nitrogens with one attached hydrogen (secondary N) is 1. The van der Waals surface area contributed by atoms with Crippen molar-refractivity contribution in [3.8, 4) is 5.75 Å². The van der Waals surface area contributed by atoms with Crippen molar-refractivity contribution < 1.29 is 14.6 Å². The van der Waals surface area contributed by atoms with Crippen LogP contribution in [0, 0.1) is 0 Å². The third-order valence-corrected chi connectivity index (χ3v) is 5.15. The summed E-state index contributed by atoms with van der Waals surface area (Å²) >= 11 is 0. The minimum Gasteiger partial charge on any atom is -0.484 e. The fourth-order valence-corrected chi connectivity index (χ4v) is 3.76. The maximum atomic E-state index is 12.5. The number of aliphatic hydroxyl groups is 1. The Hall–Kier alpha value is -2.41. The first-order chi connectivity index (χ1) is 12.1. The van der Waals surface area contributed by atoms with Crippen LogP contribution in [0.4, 0.5) is 0 Å². The molecule has 2 aromatic rings. The van der Waals surface area contributed by atoms with Crippen LogP contribution in [-0.4, -0.2) is 51.0 Å². The summed E-state index contributed by atoms with van der Waals surface area (Å²) in [6, 6.07) is 6.06. The molecule has 2 N–H and O–H groups in total. The van der Waals surface area contributed by atoms with Crippen molar-refractivity contribution in [2.24, 2.45) is 0 Å². The number of nitrogens with zero attached hydrogens (tertiary/aromatic N) is 3. The number of aromatic nitrogens is 3. The van der Waals surface area contributed by atoms with Crippen molar-refractivity contribution in [2.75, 3.05) is 19.7 Å². The van der Waals surface area contributed by atoms with E-state index in [1.807, 2.05) is 12.1 Å². The molecule has 25 heavy (non-hydrogen) atoms. The van der Waals surface area contributed by atoms with Gasteiger partial charge >= 0.3 is 0 Å². The number of hydrogen-bond acceptors (Lipinski definition) is 5. The van der Waals surface area contributed by atoms with Crippen molar-refractivity contribution in [3.05, 3.63) is 41.2 Å². The number of rotatable bonds is 4. The van der Waals surface area contributed by atoms with Gasteiger partial charge < -0.3 is 14.7 Å². The Balaban J connectivity index is 1.38.